The molecular formula is C22H22FNO2S. The van der Waals surface area contributed by atoms with E-state index in [1.165, 1.54) is 16.4 Å². The number of benzene rings is 3. The van der Waals surface area contributed by atoms with Gasteiger partial charge in [0.2, 0.25) is 0 Å². The fraction of sp³-hybridized carbons (Fsp3) is 0.182. The monoisotopic (exact) mass is 383 g/mol. The van der Waals surface area contributed by atoms with Crippen LogP contribution in [0.1, 0.15) is 29.7 Å². The summed E-state index contributed by atoms with van der Waals surface area (Å²) in [7, 11) is -3.96. The molecule has 0 saturated carbocycles. The zero-order valence-corrected chi connectivity index (χ0v) is 16.4. The lowest BCUT2D eigenvalue weighted by Gasteiger charge is -2.31. The van der Waals surface area contributed by atoms with Crippen molar-refractivity contribution in [1.29, 1.82) is 0 Å². The van der Waals surface area contributed by atoms with Gasteiger partial charge in [0.05, 0.1) is 16.6 Å². The molecule has 0 saturated heterocycles. The fourth-order valence-corrected chi connectivity index (χ4v) is 4.63. The van der Waals surface area contributed by atoms with Gasteiger partial charge in [0.15, 0.2) is 0 Å². The fourth-order valence-electron chi connectivity index (χ4n) is 2.98. The van der Waals surface area contributed by atoms with Crippen LogP contribution in [0.25, 0.3) is 0 Å². The van der Waals surface area contributed by atoms with E-state index < -0.39 is 21.9 Å². The van der Waals surface area contributed by atoms with E-state index >= 15 is 0 Å². The quantitative estimate of drug-likeness (QED) is 0.592. The third-order valence-electron chi connectivity index (χ3n) is 4.62. The maximum Gasteiger partial charge on any atom is 0.264 e. The Morgan fingerprint density at radius 3 is 2.11 bits per heavy atom. The number of sulfonamides is 1. The lowest BCUT2D eigenvalue weighted by atomic mass is 10.1. The number of rotatable bonds is 5. The lowest BCUT2D eigenvalue weighted by Crippen LogP contribution is -2.33. The Morgan fingerprint density at radius 2 is 1.52 bits per heavy atom. The van der Waals surface area contributed by atoms with Crippen LogP contribution in [0.5, 0.6) is 0 Å². The molecule has 5 heteroatoms. The molecule has 0 bridgehead atoms. The molecule has 3 aromatic rings. The zero-order valence-electron chi connectivity index (χ0n) is 15.6. The van der Waals surface area contributed by atoms with Crippen molar-refractivity contribution in [3.8, 4) is 0 Å². The van der Waals surface area contributed by atoms with Crippen molar-refractivity contribution in [2.75, 3.05) is 4.31 Å². The van der Waals surface area contributed by atoms with Gasteiger partial charge in [-0.2, -0.15) is 0 Å². The third-order valence-corrected chi connectivity index (χ3v) is 6.52. The average molecular weight is 383 g/mol. The Balaban J connectivity index is 2.16. The molecule has 0 N–H and O–H groups in total. The summed E-state index contributed by atoms with van der Waals surface area (Å²) >= 11 is 0. The minimum atomic E-state index is -3.96. The first-order valence-corrected chi connectivity index (χ1v) is 10.2. The Morgan fingerprint density at radius 1 is 0.889 bits per heavy atom. The molecule has 3 rings (SSSR count). The molecule has 3 nitrogen and oxygen atoms in total. The zero-order chi connectivity index (χ0) is 19.6. The van der Waals surface area contributed by atoms with Crippen molar-refractivity contribution in [1.82, 2.24) is 0 Å². The summed E-state index contributed by atoms with van der Waals surface area (Å²) in [5, 5.41) is 0. The van der Waals surface area contributed by atoms with Crippen LogP contribution in [-0.2, 0) is 10.0 Å². The van der Waals surface area contributed by atoms with Crippen LogP contribution < -0.4 is 4.31 Å². The normalized spacial score (nSPS) is 12.6. The Kier molecular flexibility index (Phi) is 5.33. The van der Waals surface area contributed by atoms with Crippen LogP contribution in [0.3, 0.4) is 0 Å². The van der Waals surface area contributed by atoms with Gasteiger partial charge in [0.25, 0.3) is 10.0 Å². The second-order valence-corrected chi connectivity index (χ2v) is 8.45. The van der Waals surface area contributed by atoms with Gasteiger partial charge in [-0.15, -0.1) is 0 Å². The highest BCUT2D eigenvalue weighted by atomic mass is 32.2. The van der Waals surface area contributed by atoms with Gasteiger partial charge in [-0.25, -0.2) is 12.8 Å². The molecule has 0 aliphatic rings. The summed E-state index contributed by atoms with van der Waals surface area (Å²) in [4.78, 5) is -0.0612. The van der Waals surface area contributed by atoms with Crippen LogP contribution in [0.4, 0.5) is 10.1 Å². The second kappa shape index (κ2) is 7.53. The van der Waals surface area contributed by atoms with E-state index in [1.54, 1.807) is 19.1 Å². The smallest absolute Gasteiger partial charge is 0.259 e. The number of halogens is 1. The van der Waals surface area contributed by atoms with Gasteiger partial charge in [-0.1, -0.05) is 54.1 Å². The van der Waals surface area contributed by atoms with Crippen molar-refractivity contribution in [2.45, 2.75) is 31.7 Å². The van der Waals surface area contributed by atoms with E-state index in [0.29, 0.717) is 11.3 Å². The first kappa shape index (κ1) is 19.1. The van der Waals surface area contributed by atoms with Crippen LogP contribution in [0, 0.1) is 19.7 Å². The maximum absolute atomic E-state index is 14.1. The van der Waals surface area contributed by atoms with Gasteiger partial charge < -0.3 is 0 Å². The van der Waals surface area contributed by atoms with E-state index in [2.05, 4.69) is 0 Å². The van der Waals surface area contributed by atoms with E-state index in [0.717, 1.165) is 17.2 Å². The number of aryl methyl sites for hydroxylation is 2. The van der Waals surface area contributed by atoms with Gasteiger partial charge in [-0.05, 0) is 56.2 Å². The third kappa shape index (κ3) is 3.88. The summed E-state index contributed by atoms with van der Waals surface area (Å²) in [6.07, 6.45) is 0. The summed E-state index contributed by atoms with van der Waals surface area (Å²) < 4.78 is 42.3. The maximum atomic E-state index is 14.1. The van der Waals surface area contributed by atoms with Crippen molar-refractivity contribution in [3.63, 3.8) is 0 Å². The van der Waals surface area contributed by atoms with E-state index in [-0.39, 0.29) is 4.90 Å². The van der Waals surface area contributed by atoms with E-state index in [9.17, 15) is 12.8 Å². The molecule has 0 fully saturated rings. The summed E-state index contributed by atoms with van der Waals surface area (Å²) in [5.41, 5.74) is 2.84. The highest BCUT2D eigenvalue weighted by Gasteiger charge is 2.30. The number of anilines is 1. The summed E-state index contributed by atoms with van der Waals surface area (Å²) in [5.74, 6) is -0.535. The van der Waals surface area contributed by atoms with E-state index in [4.69, 9.17) is 0 Å². The van der Waals surface area contributed by atoms with Crippen molar-refractivity contribution >= 4 is 15.7 Å². The molecule has 0 aliphatic carbocycles. The molecule has 3 aromatic carbocycles. The molecule has 1 unspecified atom stereocenters. The number of hydrogen-bond donors (Lipinski definition) is 0. The molecule has 1 atom stereocenters. The van der Waals surface area contributed by atoms with Gasteiger partial charge in [0.1, 0.15) is 5.82 Å². The molecule has 0 aliphatic heterocycles. The molecule has 0 heterocycles. The first-order chi connectivity index (χ1) is 12.8. The molecule has 27 heavy (non-hydrogen) atoms. The van der Waals surface area contributed by atoms with Crippen LogP contribution in [-0.4, -0.2) is 8.42 Å². The second-order valence-electron chi connectivity index (χ2n) is 6.63. The Hall–Kier alpha value is -2.66. The number of nitrogens with zero attached hydrogens (tertiary/aromatic N) is 1. The predicted octanol–water partition coefficient (Wildman–Crippen LogP) is 5.40. The minimum Gasteiger partial charge on any atom is -0.259 e. The Bertz CT molecular complexity index is 1030. The van der Waals surface area contributed by atoms with Gasteiger partial charge >= 0.3 is 0 Å². The average Bonchev–Trinajstić information content (AvgIpc) is 2.66. The minimum absolute atomic E-state index is 0.0612. The topological polar surface area (TPSA) is 37.4 Å². The summed E-state index contributed by atoms with van der Waals surface area (Å²) in [6, 6.07) is 20.3. The molecule has 0 radical (unpaired) electrons. The highest BCUT2D eigenvalue weighted by Crippen LogP contribution is 2.33. The SMILES string of the molecule is Cc1ccc(N(C(C)c2ccccc2)S(=O)(=O)c2ccc(C)c(F)c2)cc1. The molecular weight excluding hydrogens is 361 g/mol. The summed E-state index contributed by atoms with van der Waals surface area (Å²) in [6.45, 7) is 5.38. The number of hydrogen-bond acceptors (Lipinski definition) is 2. The van der Waals surface area contributed by atoms with Gasteiger partial charge in [0, 0.05) is 0 Å². The lowest BCUT2D eigenvalue weighted by molar-refractivity contribution is 0.578. The first-order valence-electron chi connectivity index (χ1n) is 8.73. The van der Waals surface area contributed by atoms with Crippen molar-refractivity contribution in [3.05, 3.63) is 95.3 Å². The Labute approximate surface area is 160 Å². The van der Waals surface area contributed by atoms with Crippen LogP contribution >= 0.6 is 0 Å². The van der Waals surface area contributed by atoms with Crippen LogP contribution in [0.15, 0.2) is 77.7 Å². The van der Waals surface area contributed by atoms with Crippen molar-refractivity contribution < 1.29 is 12.8 Å². The molecule has 140 valence electrons. The molecule has 0 spiro atoms. The predicted molar refractivity (Wildman–Crippen MR) is 107 cm³/mol. The molecule has 0 amide bonds. The standard InChI is InChI=1S/C22H22FNO2S/c1-16-9-12-20(13-10-16)24(18(3)19-7-5-4-6-8-19)27(25,26)21-14-11-17(2)22(23)15-21/h4-15,18H,1-3H3. The van der Waals surface area contributed by atoms with Crippen molar-refractivity contribution in [2.24, 2.45) is 0 Å². The van der Waals surface area contributed by atoms with E-state index in [1.807, 2.05) is 56.3 Å². The largest absolute Gasteiger partial charge is 0.264 e. The molecule has 0 aromatic heterocycles. The van der Waals surface area contributed by atoms with Gasteiger partial charge in [-0.3, -0.25) is 4.31 Å². The highest BCUT2D eigenvalue weighted by molar-refractivity contribution is 7.92. The van der Waals surface area contributed by atoms with Crippen LogP contribution in [0.2, 0.25) is 0 Å².